The summed E-state index contributed by atoms with van der Waals surface area (Å²) in [5.74, 6) is -1.20. The predicted molar refractivity (Wildman–Crippen MR) is 60.4 cm³/mol. The number of carboxylic acid groups (broad SMARTS) is 1. The number of benzene rings is 1. The van der Waals surface area contributed by atoms with E-state index in [4.69, 9.17) is 16.7 Å². The zero-order chi connectivity index (χ0) is 11.6. The molecule has 3 nitrogen and oxygen atoms in total. The van der Waals surface area contributed by atoms with Crippen LogP contribution in [-0.4, -0.2) is 16.9 Å². The van der Waals surface area contributed by atoms with Crippen molar-refractivity contribution < 1.29 is 14.7 Å². The molecule has 1 unspecified atom stereocenters. The number of rotatable bonds is 3. The van der Waals surface area contributed by atoms with Crippen molar-refractivity contribution in [1.82, 2.24) is 0 Å². The second kappa shape index (κ2) is 4.77. The maximum atomic E-state index is 11.0. The Morgan fingerprint density at radius 3 is 2.47 bits per heavy atom. The maximum absolute atomic E-state index is 11.0. The van der Waals surface area contributed by atoms with Crippen LogP contribution in [0.2, 0.25) is 0 Å². The van der Waals surface area contributed by atoms with Crippen molar-refractivity contribution in [1.29, 1.82) is 0 Å². The summed E-state index contributed by atoms with van der Waals surface area (Å²) in [6.45, 7) is 1.38. The molecule has 0 fully saturated rings. The van der Waals surface area contributed by atoms with Crippen molar-refractivity contribution >= 4 is 39.3 Å². The molecule has 1 N–H and O–H groups in total. The van der Waals surface area contributed by atoms with Gasteiger partial charge in [-0.25, -0.2) is 4.79 Å². The average molecular weight is 292 g/mol. The first-order valence-electron chi connectivity index (χ1n) is 4.10. The van der Waals surface area contributed by atoms with Gasteiger partial charge in [-0.15, -0.1) is 11.6 Å². The molecule has 0 bridgehead atoms. The van der Waals surface area contributed by atoms with Crippen LogP contribution in [0.25, 0.3) is 0 Å². The highest BCUT2D eigenvalue weighted by molar-refractivity contribution is 9.10. The van der Waals surface area contributed by atoms with Crippen molar-refractivity contribution in [2.45, 2.75) is 12.3 Å². The van der Waals surface area contributed by atoms with Gasteiger partial charge in [-0.3, -0.25) is 4.79 Å². The van der Waals surface area contributed by atoms with Crippen LogP contribution >= 0.6 is 27.5 Å². The number of alkyl halides is 1. The highest BCUT2D eigenvalue weighted by Crippen LogP contribution is 2.29. The Balaban J connectivity index is 3.13. The minimum Gasteiger partial charge on any atom is -0.478 e. The van der Waals surface area contributed by atoms with Crippen LogP contribution in [-0.2, 0) is 4.79 Å². The SMILES string of the molecule is CC(=O)C(Cl)c1ccc(C(=O)O)cc1Br. The van der Waals surface area contributed by atoms with E-state index in [1.807, 2.05) is 0 Å². The molecule has 0 aliphatic heterocycles. The molecule has 0 radical (unpaired) electrons. The number of hydrogen-bond acceptors (Lipinski definition) is 2. The Hall–Kier alpha value is -0.870. The van der Waals surface area contributed by atoms with Gasteiger partial charge in [0, 0.05) is 4.47 Å². The zero-order valence-electron chi connectivity index (χ0n) is 7.83. The molecule has 0 saturated carbocycles. The van der Waals surface area contributed by atoms with Crippen LogP contribution < -0.4 is 0 Å². The monoisotopic (exact) mass is 290 g/mol. The van der Waals surface area contributed by atoms with Crippen LogP contribution in [0.5, 0.6) is 0 Å². The van der Waals surface area contributed by atoms with Crippen LogP contribution in [0, 0.1) is 0 Å². The molecule has 0 spiro atoms. The Kier molecular flexibility index (Phi) is 3.88. The minimum absolute atomic E-state index is 0.151. The van der Waals surface area contributed by atoms with E-state index in [2.05, 4.69) is 15.9 Å². The molecule has 80 valence electrons. The molecule has 0 aliphatic rings. The average Bonchev–Trinajstić information content (AvgIpc) is 2.16. The number of aromatic carboxylic acids is 1. The molecular weight excluding hydrogens is 283 g/mol. The standard InChI is InChI=1S/C10H8BrClO3/c1-5(13)9(12)7-3-2-6(10(14)15)4-8(7)11/h2-4,9H,1H3,(H,14,15). The maximum Gasteiger partial charge on any atom is 0.335 e. The highest BCUT2D eigenvalue weighted by Gasteiger charge is 2.17. The minimum atomic E-state index is -1.02. The Labute approximate surface area is 100 Å². The van der Waals surface area contributed by atoms with Crippen LogP contribution in [0.4, 0.5) is 0 Å². The molecule has 15 heavy (non-hydrogen) atoms. The Morgan fingerprint density at radius 2 is 2.07 bits per heavy atom. The smallest absolute Gasteiger partial charge is 0.335 e. The molecule has 0 aliphatic carbocycles. The van der Waals surface area contributed by atoms with E-state index in [9.17, 15) is 9.59 Å². The lowest BCUT2D eigenvalue weighted by molar-refractivity contribution is -0.116. The van der Waals surface area contributed by atoms with Crippen molar-refractivity contribution in [2.75, 3.05) is 0 Å². The Morgan fingerprint density at radius 1 is 1.47 bits per heavy atom. The fraction of sp³-hybridized carbons (Fsp3) is 0.200. The summed E-state index contributed by atoms with van der Waals surface area (Å²) in [7, 11) is 0. The van der Waals surface area contributed by atoms with Gasteiger partial charge in [0.15, 0.2) is 5.78 Å². The molecule has 1 rings (SSSR count). The molecule has 1 aromatic carbocycles. The molecule has 1 aromatic rings. The second-order valence-electron chi connectivity index (χ2n) is 3.01. The summed E-state index contributed by atoms with van der Waals surface area (Å²) < 4.78 is 0.526. The third-order valence-electron chi connectivity index (χ3n) is 1.88. The third-order valence-corrected chi connectivity index (χ3v) is 3.11. The van der Waals surface area contributed by atoms with Gasteiger partial charge in [0.25, 0.3) is 0 Å². The first-order valence-corrected chi connectivity index (χ1v) is 5.33. The lowest BCUT2D eigenvalue weighted by Crippen LogP contribution is -2.04. The van der Waals surface area contributed by atoms with Gasteiger partial charge in [0.1, 0.15) is 5.38 Å². The van der Waals surface area contributed by atoms with E-state index in [1.165, 1.54) is 25.1 Å². The number of ketones is 1. The van der Waals surface area contributed by atoms with Crippen molar-refractivity contribution in [3.8, 4) is 0 Å². The van der Waals surface area contributed by atoms with Crippen molar-refractivity contribution in [3.05, 3.63) is 33.8 Å². The van der Waals surface area contributed by atoms with Crippen LogP contribution in [0.15, 0.2) is 22.7 Å². The number of halogens is 2. The quantitative estimate of drug-likeness (QED) is 0.871. The van der Waals surface area contributed by atoms with Gasteiger partial charge in [0.05, 0.1) is 5.56 Å². The zero-order valence-corrected chi connectivity index (χ0v) is 10.2. The lowest BCUT2D eigenvalue weighted by atomic mass is 10.1. The van der Waals surface area contributed by atoms with Gasteiger partial charge >= 0.3 is 5.97 Å². The molecule has 5 heteroatoms. The lowest BCUT2D eigenvalue weighted by Gasteiger charge is -2.08. The van der Waals surface area contributed by atoms with Crippen molar-refractivity contribution in [3.63, 3.8) is 0 Å². The summed E-state index contributed by atoms with van der Waals surface area (Å²) in [5.41, 5.74) is 0.729. The van der Waals surface area contributed by atoms with Crippen molar-refractivity contribution in [2.24, 2.45) is 0 Å². The summed E-state index contributed by atoms with van der Waals surface area (Å²) >= 11 is 9.04. The summed E-state index contributed by atoms with van der Waals surface area (Å²) in [4.78, 5) is 21.7. The number of hydrogen-bond donors (Lipinski definition) is 1. The molecule has 0 saturated heterocycles. The summed E-state index contributed by atoms with van der Waals surface area (Å²) in [5, 5.41) is 7.98. The van der Waals surface area contributed by atoms with Gasteiger partial charge in [0.2, 0.25) is 0 Å². The number of carbonyl (C=O) groups excluding carboxylic acids is 1. The van der Waals surface area contributed by atoms with Gasteiger partial charge < -0.3 is 5.11 Å². The first-order chi connectivity index (χ1) is 6.93. The number of Topliss-reactive ketones (excluding diaryl/α,β-unsaturated/α-hetero) is 1. The Bertz CT molecular complexity index is 417. The predicted octanol–water partition coefficient (Wildman–Crippen LogP) is 3.02. The van der Waals surface area contributed by atoms with Crippen LogP contribution in [0.1, 0.15) is 28.2 Å². The molecule has 1 atom stereocenters. The highest BCUT2D eigenvalue weighted by atomic mass is 79.9. The second-order valence-corrected chi connectivity index (χ2v) is 4.31. The fourth-order valence-electron chi connectivity index (χ4n) is 1.08. The van der Waals surface area contributed by atoms with E-state index < -0.39 is 11.3 Å². The van der Waals surface area contributed by atoms with E-state index in [0.29, 0.717) is 10.0 Å². The largest absolute Gasteiger partial charge is 0.478 e. The van der Waals surface area contributed by atoms with Gasteiger partial charge in [-0.2, -0.15) is 0 Å². The fourth-order valence-corrected chi connectivity index (χ4v) is 2.01. The van der Waals surface area contributed by atoms with Crippen LogP contribution in [0.3, 0.4) is 0 Å². The summed E-state index contributed by atoms with van der Waals surface area (Å²) in [6.07, 6.45) is 0. The number of carboxylic acids is 1. The van der Waals surface area contributed by atoms with E-state index in [1.54, 1.807) is 0 Å². The molecular formula is C10H8BrClO3. The third kappa shape index (κ3) is 2.79. The normalized spacial score (nSPS) is 12.2. The van der Waals surface area contributed by atoms with E-state index >= 15 is 0 Å². The molecule has 0 amide bonds. The number of carbonyl (C=O) groups is 2. The topological polar surface area (TPSA) is 54.4 Å². The van der Waals surface area contributed by atoms with E-state index in [-0.39, 0.29) is 11.3 Å². The van der Waals surface area contributed by atoms with Gasteiger partial charge in [-0.05, 0) is 24.6 Å². The molecule has 0 aromatic heterocycles. The van der Waals surface area contributed by atoms with Gasteiger partial charge in [-0.1, -0.05) is 22.0 Å². The molecule has 0 heterocycles. The summed E-state index contributed by atoms with van der Waals surface area (Å²) in [6, 6.07) is 4.38. The first kappa shape index (κ1) is 12.2. The van der Waals surface area contributed by atoms with E-state index in [0.717, 1.165) is 0 Å².